The van der Waals surface area contributed by atoms with Gasteiger partial charge in [0.15, 0.2) is 5.82 Å². The highest BCUT2D eigenvalue weighted by Crippen LogP contribution is 2.42. The average molecular weight is 693 g/mol. The lowest BCUT2D eigenvalue weighted by atomic mass is 9.96. The molecule has 0 saturated heterocycles. The molecule has 0 amide bonds. The predicted octanol–water partition coefficient (Wildman–Crippen LogP) is 10.9. The van der Waals surface area contributed by atoms with Gasteiger partial charge in [0.05, 0.1) is 39.1 Å². The van der Waals surface area contributed by atoms with Crippen LogP contribution in [0.4, 0.5) is 37.7 Å². The molecule has 0 spiro atoms. The summed E-state index contributed by atoms with van der Waals surface area (Å²) in [6, 6.07) is 26.7. The number of nitriles is 1. The van der Waals surface area contributed by atoms with Gasteiger partial charge in [-0.05, 0) is 80.4 Å². The highest BCUT2D eigenvalue weighted by Gasteiger charge is 2.32. The second-order valence-corrected chi connectivity index (χ2v) is 12.1. The number of nitrogens with zero attached hydrogens (tertiary/aromatic N) is 5. The van der Waals surface area contributed by atoms with Crippen molar-refractivity contribution < 1.29 is 26.3 Å². The Labute approximate surface area is 287 Å². The fourth-order valence-corrected chi connectivity index (χ4v) is 6.41. The summed E-state index contributed by atoms with van der Waals surface area (Å²) in [5.41, 5.74) is 2.54. The minimum atomic E-state index is -4.61. The van der Waals surface area contributed by atoms with Crippen LogP contribution in [0.3, 0.4) is 0 Å². The molecule has 51 heavy (non-hydrogen) atoms. The summed E-state index contributed by atoms with van der Waals surface area (Å²) < 4.78 is 84.1. The molecular formula is C39H26F6N6. The summed E-state index contributed by atoms with van der Waals surface area (Å²) >= 11 is 0. The fraction of sp³-hybridized carbons (Fsp3) is 0.128. The number of halogens is 6. The molecule has 0 radical (unpaired) electrons. The van der Waals surface area contributed by atoms with E-state index in [1.54, 1.807) is 79.9 Å². The molecule has 7 aromatic rings. The van der Waals surface area contributed by atoms with E-state index in [0.29, 0.717) is 67.3 Å². The third kappa shape index (κ3) is 6.12. The number of anilines is 2. The van der Waals surface area contributed by atoms with E-state index in [1.807, 2.05) is 6.07 Å². The number of nitrogens with one attached hydrogen (secondary N) is 1. The largest absolute Gasteiger partial charge is 0.416 e. The van der Waals surface area contributed by atoms with Crippen molar-refractivity contribution in [1.29, 1.82) is 5.26 Å². The van der Waals surface area contributed by atoms with Crippen molar-refractivity contribution in [3.05, 3.63) is 131 Å². The Hall–Kier alpha value is -6.22. The Morgan fingerprint density at radius 2 is 1.24 bits per heavy atom. The Morgan fingerprint density at radius 1 is 0.608 bits per heavy atom. The molecule has 0 atom stereocenters. The van der Waals surface area contributed by atoms with Gasteiger partial charge in [-0.25, -0.2) is 15.0 Å². The Balaban J connectivity index is 1.48. The number of rotatable bonds is 5. The zero-order chi connectivity index (χ0) is 36.2. The zero-order valence-electron chi connectivity index (χ0n) is 27.2. The van der Waals surface area contributed by atoms with Crippen LogP contribution in [-0.2, 0) is 12.4 Å². The smallest absolute Gasteiger partial charge is 0.354 e. The van der Waals surface area contributed by atoms with Crippen molar-refractivity contribution in [3.8, 4) is 34.3 Å². The first-order valence-corrected chi connectivity index (χ1v) is 15.7. The summed E-state index contributed by atoms with van der Waals surface area (Å²) in [6.45, 7) is 4.98. The monoisotopic (exact) mass is 692 g/mol. The maximum atomic E-state index is 14.0. The van der Waals surface area contributed by atoms with Gasteiger partial charge in [-0.2, -0.15) is 31.6 Å². The van der Waals surface area contributed by atoms with Crippen LogP contribution in [0.2, 0.25) is 0 Å². The molecule has 0 aliphatic carbocycles. The van der Waals surface area contributed by atoms with E-state index in [1.165, 1.54) is 12.1 Å². The Bertz CT molecular complexity index is 2520. The van der Waals surface area contributed by atoms with Gasteiger partial charge in [0.2, 0.25) is 0 Å². The lowest BCUT2D eigenvalue weighted by molar-refractivity contribution is -0.138. The minimum absolute atomic E-state index is 0.146. The quantitative estimate of drug-likeness (QED) is 0.182. The summed E-state index contributed by atoms with van der Waals surface area (Å²) in [5.74, 6) is 1.05. The Morgan fingerprint density at radius 3 is 1.92 bits per heavy atom. The van der Waals surface area contributed by atoms with Crippen molar-refractivity contribution in [1.82, 2.24) is 19.5 Å². The number of benzene rings is 5. The minimum Gasteiger partial charge on any atom is -0.354 e. The molecule has 0 aliphatic rings. The molecule has 254 valence electrons. The number of para-hydroxylation sites is 2. The molecule has 6 nitrogen and oxygen atoms in total. The SMILES string of the molecule is Cc1nc(C)nc(-c2cc(Nc3ccccc3-c3ccc(C(F)(F)F)cc3C)c(C#N)cc2-n2c3ccccc3c3ccc(C(F)(F)F)cc32)n1. The molecule has 0 unspecified atom stereocenters. The third-order valence-corrected chi connectivity index (χ3v) is 8.64. The number of aryl methyl sites for hydroxylation is 3. The van der Waals surface area contributed by atoms with E-state index in [4.69, 9.17) is 0 Å². The predicted molar refractivity (Wildman–Crippen MR) is 184 cm³/mol. The summed E-state index contributed by atoms with van der Waals surface area (Å²) in [7, 11) is 0. The molecule has 1 N–H and O–H groups in total. The first kappa shape index (κ1) is 33.3. The molecular weight excluding hydrogens is 666 g/mol. The van der Waals surface area contributed by atoms with E-state index in [0.717, 1.165) is 24.3 Å². The van der Waals surface area contributed by atoms with E-state index < -0.39 is 23.5 Å². The molecule has 12 heteroatoms. The van der Waals surface area contributed by atoms with Crippen molar-refractivity contribution in [2.24, 2.45) is 0 Å². The fourth-order valence-electron chi connectivity index (χ4n) is 6.41. The first-order valence-electron chi connectivity index (χ1n) is 15.7. The zero-order valence-corrected chi connectivity index (χ0v) is 27.2. The van der Waals surface area contributed by atoms with Gasteiger partial charge in [0, 0.05) is 27.6 Å². The highest BCUT2D eigenvalue weighted by molar-refractivity contribution is 6.10. The maximum Gasteiger partial charge on any atom is 0.416 e. The molecule has 2 heterocycles. The lowest BCUT2D eigenvalue weighted by Crippen LogP contribution is -2.07. The molecule has 0 fully saturated rings. The molecule has 2 aromatic heterocycles. The van der Waals surface area contributed by atoms with Crippen molar-refractivity contribution in [3.63, 3.8) is 0 Å². The van der Waals surface area contributed by atoms with Gasteiger partial charge in [-0.3, -0.25) is 0 Å². The number of hydrogen-bond acceptors (Lipinski definition) is 5. The highest BCUT2D eigenvalue weighted by atomic mass is 19.4. The number of fused-ring (bicyclic) bond motifs is 3. The van der Waals surface area contributed by atoms with Crippen LogP contribution in [0.5, 0.6) is 0 Å². The standard InChI is InChI=1S/C39H26F6N6/c1-21-16-25(38(40,41)42)12-14-27(21)28-8-4-6-10-32(28)50-33-19-31(37-48-22(2)47-23(3)49-37)35(17-24(33)20-46)51-34-11-7-5-9-29(34)30-15-13-26(18-36(30)51)39(43,44)45/h4-19,50H,1-3H3. The van der Waals surface area contributed by atoms with Crippen molar-refractivity contribution in [2.45, 2.75) is 33.1 Å². The van der Waals surface area contributed by atoms with Crippen LogP contribution in [0.15, 0.2) is 97.1 Å². The van der Waals surface area contributed by atoms with E-state index in [2.05, 4.69) is 26.3 Å². The van der Waals surface area contributed by atoms with Gasteiger partial charge in [0.1, 0.15) is 17.7 Å². The summed E-state index contributed by atoms with van der Waals surface area (Å²) in [5, 5.41) is 15.1. The third-order valence-electron chi connectivity index (χ3n) is 8.64. The van der Waals surface area contributed by atoms with Crippen molar-refractivity contribution >= 4 is 33.2 Å². The maximum absolute atomic E-state index is 14.0. The van der Waals surface area contributed by atoms with Crippen LogP contribution >= 0.6 is 0 Å². The van der Waals surface area contributed by atoms with Gasteiger partial charge in [0.25, 0.3) is 0 Å². The van der Waals surface area contributed by atoms with Gasteiger partial charge >= 0.3 is 12.4 Å². The van der Waals surface area contributed by atoms with E-state index in [-0.39, 0.29) is 16.9 Å². The number of alkyl halides is 6. The molecule has 5 aromatic carbocycles. The molecule has 7 rings (SSSR count). The van der Waals surface area contributed by atoms with E-state index in [9.17, 15) is 31.6 Å². The molecule has 0 saturated carbocycles. The summed E-state index contributed by atoms with van der Waals surface area (Å²) in [4.78, 5) is 13.5. The molecule has 0 aliphatic heterocycles. The van der Waals surface area contributed by atoms with Crippen molar-refractivity contribution in [2.75, 3.05) is 5.32 Å². The van der Waals surface area contributed by atoms with Crippen LogP contribution in [0.1, 0.15) is 33.9 Å². The van der Waals surface area contributed by atoms with Gasteiger partial charge in [-0.1, -0.05) is 48.5 Å². The molecule has 0 bridgehead atoms. The second-order valence-electron chi connectivity index (χ2n) is 12.1. The normalized spacial score (nSPS) is 12.0. The number of hydrogen-bond donors (Lipinski definition) is 1. The summed E-state index contributed by atoms with van der Waals surface area (Å²) in [6.07, 6.45) is -9.11. The first-order chi connectivity index (χ1) is 24.2. The average Bonchev–Trinajstić information content (AvgIpc) is 3.41. The Kier molecular flexibility index (Phi) is 8.01. The number of aromatic nitrogens is 4. The van der Waals surface area contributed by atoms with Crippen LogP contribution < -0.4 is 5.32 Å². The van der Waals surface area contributed by atoms with E-state index >= 15 is 0 Å². The van der Waals surface area contributed by atoms with Gasteiger partial charge < -0.3 is 9.88 Å². The van der Waals surface area contributed by atoms with Crippen LogP contribution in [-0.4, -0.2) is 19.5 Å². The second kappa shape index (κ2) is 12.3. The van der Waals surface area contributed by atoms with Crippen LogP contribution in [0.25, 0.3) is 50.0 Å². The lowest BCUT2D eigenvalue weighted by Gasteiger charge is -2.19. The van der Waals surface area contributed by atoms with Crippen LogP contribution in [0, 0.1) is 32.1 Å². The van der Waals surface area contributed by atoms with Gasteiger partial charge in [-0.15, -0.1) is 0 Å². The topological polar surface area (TPSA) is 79.4 Å².